The van der Waals surface area contributed by atoms with Crippen molar-refractivity contribution in [2.45, 2.75) is 13.5 Å². The van der Waals surface area contributed by atoms with Gasteiger partial charge < -0.3 is 10.2 Å². The summed E-state index contributed by atoms with van der Waals surface area (Å²) in [5, 5.41) is 6.02. The monoisotopic (exact) mass is 316 g/mol. The van der Waals surface area contributed by atoms with Crippen LogP contribution >= 0.6 is 0 Å². The predicted octanol–water partition coefficient (Wildman–Crippen LogP) is 4.37. The van der Waals surface area contributed by atoms with E-state index in [9.17, 15) is 0 Å². The first-order valence-electron chi connectivity index (χ1n) is 8.78. The lowest BCUT2D eigenvalue weighted by Crippen LogP contribution is -2.48. The lowest BCUT2D eigenvalue weighted by molar-refractivity contribution is 0.348. The van der Waals surface area contributed by atoms with Crippen molar-refractivity contribution in [1.29, 1.82) is 0 Å². The molecule has 24 heavy (non-hydrogen) atoms. The molecule has 1 fully saturated rings. The molecule has 1 aliphatic heterocycles. The first-order valence-corrected chi connectivity index (χ1v) is 8.78. The number of anilines is 1. The Kier molecular flexibility index (Phi) is 4.22. The van der Waals surface area contributed by atoms with E-state index >= 15 is 0 Å². The maximum absolute atomic E-state index is 3.39. The summed E-state index contributed by atoms with van der Waals surface area (Å²) in [4.78, 5) is 2.53. The summed E-state index contributed by atoms with van der Waals surface area (Å²) in [6.07, 6.45) is 0. The fraction of sp³-hybridized carbons (Fsp3) is 0.273. The van der Waals surface area contributed by atoms with Gasteiger partial charge in [0.15, 0.2) is 0 Å². The lowest BCUT2D eigenvalue weighted by Gasteiger charge is -2.35. The van der Waals surface area contributed by atoms with Gasteiger partial charge in [0.1, 0.15) is 0 Å². The molecule has 2 nitrogen and oxygen atoms in total. The highest BCUT2D eigenvalue weighted by Gasteiger charge is 2.21. The molecular formula is C22H24N2. The van der Waals surface area contributed by atoms with Crippen LogP contribution in [-0.4, -0.2) is 19.6 Å². The second kappa shape index (κ2) is 6.66. The predicted molar refractivity (Wildman–Crippen MR) is 103 cm³/mol. The van der Waals surface area contributed by atoms with E-state index in [4.69, 9.17) is 0 Å². The fourth-order valence-corrected chi connectivity index (χ4v) is 3.45. The van der Waals surface area contributed by atoms with Gasteiger partial charge in [-0.15, -0.1) is 0 Å². The van der Waals surface area contributed by atoms with Crippen LogP contribution in [0.3, 0.4) is 0 Å². The molecule has 1 saturated heterocycles. The quantitative estimate of drug-likeness (QED) is 0.752. The van der Waals surface area contributed by atoms with Crippen molar-refractivity contribution in [3.05, 3.63) is 77.9 Å². The van der Waals surface area contributed by atoms with Gasteiger partial charge >= 0.3 is 0 Å². The first kappa shape index (κ1) is 15.2. The Hall–Kier alpha value is -2.32. The van der Waals surface area contributed by atoms with Gasteiger partial charge in [0.25, 0.3) is 0 Å². The van der Waals surface area contributed by atoms with Gasteiger partial charge in [-0.2, -0.15) is 0 Å². The van der Waals surface area contributed by atoms with Crippen molar-refractivity contribution in [2.75, 3.05) is 24.5 Å². The second-order valence-corrected chi connectivity index (χ2v) is 6.93. The minimum Gasteiger partial charge on any atom is -0.367 e. The Morgan fingerprint density at radius 1 is 0.917 bits per heavy atom. The number of nitrogens with one attached hydrogen (secondary N) is 1. The average Bonchev–Trinajstić information content (AvgIpc) is 2.56. The molecule has 1 aliphatic rings. The molecule has 0 aliphatic carbocycles. The molecule has 0 spiro atoms. The number of nitrogens with zero attached hydrogens (tertiary/aromatic N) is 1. The molecular weight excluding hydrogens is 292 g/mol. The number of hydrogen-bond acceptors (Lipinski definition) is 2. The van der Waals surface area contributed by atoms with Gasteiger partial charge in [-0.1, -0.05) is 60.2 Å². The van der Waals surface area contributed by atoms with Gasteiger partial charge in [-0.3, -0.25) is 0 Å². The summed E-state index contributed by atoms with van der Waals surface area (Å²) >= 11 is 0. The highest BCUT2D eigenvalue weighted by Crippen LogP contribution is 2.25. The third-order valence-corrected chi connectivity index (χ3v) is 4.90. The van der Waals surface area contributed by atoms with E-state index in [1.165, 1.54) is 27.6 Å². The zero-order valence-electron chi connectivity index (χ0n) is 14.2. The fourth-order valence-electron chi connectivity index (χ4n) is 3.45. The molecule has 0 unspecified atom stereocenters. The largest absolute Gasteiger partial charge is 0.367 e. The van der Waals surface area contributed by atoms with E-state index in [0.29, 0.717) is 0 Å². The highest BCUT2D eigenvalue weighted by molar-refractivity contribution is 5.85. The van der Waals surface area contributed by atoms with Crippen LogP contribution in [0.15, 0.2) is 66.7 Å². The number of aryl methyl sites for hydroxylation is 1. The van der Waals surface area contributed by atoms with E-state index in [-0.39, 0.29) is 0 Å². The summed E-state index contributed by atoms with van der Waals surface area (Å²) in [5.41, 5.74) is 4.04. The standard InChI is InChI=1S/C22H24N2/c1-17-5-4-6-18(11-17)15-24(16-19-13-23-14-19)22-10-9-20-7-2-3-8-21(20)12-22/h2-12,19,23H,13-16H2,1H3. The maximum Gasteiger partial charge on any atom is 0.0429 e. The molecule has 0 saturated carbocycles. The summed E-state index contributed by atoms with van der Waals surface area (Å²) in [6.45, 7) is 6.52. The molecule has 0 bridgehead atoms. The lowest BCUT2D eigenvalue weighted by atomic mass is 10.0. The molecule has 0 radical (unpaired) electrons. The minimum atomic E-state index is 0.751. The summed E-state index contributed by atoms with van der Waals surface area (Å²) in [5.74, 6) is 0.751. The zero-order chi connectivity index (χ0) is 16.4. The molecule has 3 aromatic carbocycles. The Bertz CT molecular complexity index is 836. The van der Waals surface area contributed by atoms with Gasteiger partial charge in [0.2, 0.25) is 0 Å². The first-order chi connectivity index (χ1) is 11.8. The van der Waals surface area contributed by atoms with E-state index in [1.807, 2.05) is 0 Å². The van der Waals surface area contributed by atoms with Crippen molar-refractivity contribution in [3.63, 3.8) is 0 Å². The molecule has 2 heteroatoms. The van der Waals surface area contributed by atoms with Gasteiger partial charge in [0.05, 0.1) is 0 Å². The van der Waals surface area contributed by atoms with E-state index in [2.05, 4.69) is 83.9 Å². The van der Waals surface area contributed by atoms with Crippen LogP contribution in [0.25, 0.3) is 10.8 Å². The van der Waals surface area contributed by atoms with Crippen LogP contribution in [0.5, 0.6) is 0 Å². The molecule has 3 aromatic rings. The summed E-state index contributed by atoms with van der Waals surface area (Å²) in [6, 6.07) is 24.3. The maximum atomic E-state index is 3.39. The Balaban J connectivity index is 1.64. The average molecular weight is 316 g/mol. The highest BCUT2D eigenvalue weighted by atomic mass is 15.1. The third kappa shape index (κ3) is 3.29. The topological polar surface area (TPSA) is 15.3 Å². The van der Waals surface area contributed by atoms with Crippen molar-refractivity contribution >= 4 is 16.5 Å². The minimum absolute atomic E-state index is 0.751. The third-order valence-electron chi connectivity index (χ3n) is 4.90. The van der Waals surface area contributed by atoms with Gasteiger partial charge in [-0.25, -0.2) is 0 Å². The van der Waals surface area contributed by atoms with Crippen molar-refractivity contribution < 1.29 is 0 Å². The van der Waals surface area contributed by atoms with Crippen LogP contribution in [0, 0.1) is 12.8 Å². The Labute approximate surface area is 144 Å². The number of rotatable bonds is 5. The van der Waals surface area contributed by atoms with Crippen molar-refractivity contribution in [1.82, 2.24) is 5.32 Å². The molecule has 0 aromatic heterocycles. The number of benzene rings is 3. The van der Waals surface area contributed by atoms with Crippen LogP contribution < -0.4 is 10.2 Å². The van der Waals surface area contributed by atoms with Crippen LogP contribution in [0.1, 0.15) is 11.1 Å². The van der Waals surface area contributed by atoms with Gasteiger partial charge in [0, 0.05) is 37.8 Å². The zero-order valence-corrected chi connectivity index (χ0v) is 14.2. The van der Waals surface area contributed by atoms with Gasteiger partial charge in [-0.05, 0) is 35.4 Å². The normalized spacial score (nSPS) is 14.5. The van der Waals surface area contributed by atoms with Crippen molar-refractivity contribution in [2.24, 2.45) is 5.92 Å². The molecule has 1 heterocycles. The SMILES string of the molecule is Cc1cccc(CN(CC2CNC2)c2ccc3ccccc3c2)c1. The van der Waals surface area contributed by atoms with E-state index in [0.717, 1.165) is 32.1 Å². The smallest absolute Gasteiger partial charge is 0.0429 e. The molecule has 122 valence electrons. The Morgan fingerprint density at radius 2 is 1.75 bits per heavy atom. The molecule has 1 N–H and O–H groups in total. The van der Waals surface area contributed by atoms with Crippen LogP contribution in [0.4, 0.5) is 5.69 Å². The molecule has 4 rings (SSSR count). The summed E-state index contributed by atoms with van der Waals surface area (Å²) < 4.78 is 0. The van der Waals surface area contributed by atoms with E-state index < -0.39 is 0 Å². The molecule has 0 amide bonds. The second-order valence-electron chi connectivity index (χ2n) is 6.93. The van der Waals surface area contributed by atoms with Crippen molar-refractivity contribution in [3.8, 4) is 0 Å². The van der Waals surface area contributed by atoms with Crippen LogP contribution in [0.2, 0.25) is 0 Å². The van der Waals surface area contributed by atoms with E-state index in [1.54, 1.807) is 0 Å². The summed E-state index contributed by atoms with van der Waals surface area (Å²) in [7, 11) is 0. The number of hydrogen-bond donors (Lipinski definition) is 1. The van der Waals surface area contributed by atoms with Crippen LogP contribution in [-0.2, 0) is 6.54 Å². The Morgan fingerprint density at radius 3 is 2.50 bits per heavy atom. The molecule has 0 atom stereocenters. The number of fused-ring (bicyclic) bond motifs is 1.